The van der Waals surface area contributed by atoms with E-state index in [4.69, 9.17) is 10.8 Å². The molecule has 0 aliphatic carbocycles. The first-order chi connectivity index (χ1) is 8.30. The fourth-order valence-corrected chi connectivity index (χ4v) is 1.90. The maximum Gasteiger partial charge on any atom is 0.321 e. The number of carbonyl (C=O) groups is 1. The maximum absolute atomic E-state index is 11.4. The number of rotatable bonds is 7. The molecule has 1 heterocycles. The van der Waals surface area contributed by atoms with Crippen LogP contribution in [0.4, 0.5) is 0 Å². The van der Waals surface area contributed by atoms with Gasteiger partial charge in [0.25, 0.3) is 10.2 Å². The van der Waals surface area contributed by atoms with Crippen LogP contribution in [-0.2, 0) is 28.6 Å². The fraction of sp³-hybridized carbons (Fsp3) is 0.500. The van der Waals surface area contributed by atoms with E-state index >= 15 is 0 Å². The molecule has 0 aliphatic rings. The molecule has 0 saturated heterocycles. The number of hydrogen-bond donors (Lipinski definition) is 4. The molecule has 1 aromatic heterocycles. The Morgan fingerprint density at radius 2 is 2.28 bits per heavy atom. The monoisotopic (exact) mass is 277 g/mol. The van der Waals surface area contributed by atoms with Crippen molar-refractivity contribution in [3.63, 3.8) is 0 Å². The van der Waals surface area contributed by atoms with Crippen molar-refractivity contribution in [2.75, 3.05) is 6.54 Å². The van der Waals surface area contributed by atoms with E-state index in [1.165, 1.54) is 6.33 Å². The summed E-state index contributed by atoms with van der Waals surface area (Å²) in [7, 11) is -2.03. The minimum absolute atomic E-state index is 0.0124. The Kier molecular flexibility index (Phi) is 4.78. The SMILES string of the molecule is Cn1cnc(CNS(=O)(=O)NC[C@H](N)C(=O)O)c1. The van der Waals surface area contributed by atoms with Gasteiger partial charge in [0.2, 0.25) is 0 Å². The molecule has 0 radical (unpaired) electrons. The minimum Gasteiger partial charge on any atom is -0.480 e. The van der Waals surface area contributed by atoms with E-state index in [-0.39, 0.29) is 13.1 Å². The van der Waals surface area contributed by atoms with E-state index in [1.54, 1.807) is 17.8 Å². The summed E-state index contributed by atoms with van der Waals surface area (Å²) < 4.78 is 28.8. The molecular formula is C8H15N5O4S. The van der Waals surface area contributed by atoms with Crippen molar-refractivity contribution in [3.05, 3.63) is 18.2 Å². The third-order valence-corrected chi connectivity index (χ3v) is 3.08. The van der Waals surface area contributed by atoms with Crippen molar-refractivity contribution in [1.82, 2.24) is 19.0 Å². The highest BCUT2D eigenvalue weighted by atomic mass is 32.2. The van der Waals surface area contributed by atoms with Gasteiger partial charge in [-0.05, 0) is 0 Å². The van der Waals surface area contributed by atoms with Gasteiger partial charge in [0.15, 0.2) is 0 Å². The van der Waals surface area contributed by atoms with Crippen LogP contribution in [0.25, 0.3) is 0 Å². The first-order valence-corrected chi connectivity index (χ1v) is 6.48. The molecule has 0 fully saturated rings. The molecular weight excluding hydrogens is 262 g/mol. The van der Waals surface area contributed by atoms with E-state index in [0.717, 1.165) is 0 Å². The summed E-state index contributed by atoms with van der Waals surface area (Å²) in [6.45, 7) is -0.370. The summed E-state index contributed by atoms with van der Waals surface area (Å²) in [6, 6.07) is -1.28. The van der Waals surface area contributed by atoms with Gasteiger partial charge in [-0.2, -0.15) is 13.1 Å². The second kappa shape index (κ2) is 5.91. The zero-order valence-electron chi connectivity index (χ0n) is 9.70. The van der Waals surface area contributed by atoms with Crippen LogP contribution < -0.4 is 15.2 Å². The highest BCUT2D eigenvalue weighted by Gasteiger charge is 2.16. The van der Waals surface area contributed by atoms with Crippen LogP contribution in [0.1, 0.15) is 5.69 Å². The number of carboxylic acids is 1. The number of hydrogen-bond acceptors (Lipinski definition) is 5. The lowest BCUT2D eigenvalue weighted by atomic mass is 10.3. The molecule has 0 unspecified atom stereocenters. The van der Waals surface area contributed by atoms with E-state index < -0.39 is 22.2 Å². The quantitative estimate of drug-likeness (QED) is 0.444. The van der Waals surface area contributed by atoms with Crippen molar-refractivity contribution >= 4 is 16.2 Å². The molecule has 18 heavy (non-hydrogen) atoms. The molecule has 1 atom stereocenters. The zero-order valence-corrected chi connectivity index (χ0v) is 10.5. The van der Waals surface area contributed by atoms with Crippen LogP contribution in [0.2, 0.25) is 0 Å². The van der Waals surface area contributed by atoms with Crippen molar-refractivity contribution < 1.29 is 18.3 Å². The first-order valence-electron chi connectivity index (χ1n) is 4.99. The molecule has 0 bridgehead atoms. The van der Waals surface area contributed by atoms with Gasteiger partial charge in [-0.15, -0.1) is 0 Å². The summed E-state index contributed by atoms with van der Waals surface area (Å²) in [5, 5.41) is 8.50. The van der Waals surface area contributed by atoms with Crippen LogP contribution >= 0.6 is 0 Å². The highest BCUT2D eigenvalue weighted by Crippen LogP contribution is 1.94. The summed E-state index contributed by atoms with van der Waals surface area (Å²) in [4.78, 5) is 14.3. The lowest BCUT2D eigenvalue weighted by Gasteiger charge is -2.09. The number of nitrogens with zero attached hydrogens (tertiary/aromatic N) is 2. The van der Waals surface area contributed by atoms with E-state index in [9.17, 15) is 13.2 Å². The Bertz CT molecular complexity index is 511. The Labute approximate surface area is 104 Å². The number of aryl methyl sites for hydroxylation is 1. The summed E-state index contributed by atoms with van der Waals surface area (Å²) in [6.07, 6.45) is 3.20. The molecule has 0 amide bonds. The molecule has 5 N–H and O–H groups in total. The predicted molar refractivity (Wildman–Crippen MR) is 62.6 cm³/mol. The zero-order chi connectivity index (χ0) is 13.8. The van der Waals surface area contributed by atoms with Crippen molar-refractivity contribution in [2.24, 2.45) is 12.8 Å². The topological polar surface area (TPSA) is 139 Å². The van der Waals surface area contributed by atoms with Crippen molar-refractivity contribution in [3.8, 4) is 0 Å². The standard InChI is InChI=1S/C8H15N5O4S/c1-13-4-6(10-5-13)2-11-18(16,17)12-3-7(9)8(14)15/h4-5,7,11-12H,2-3,9H2,1H3,(H,14,15)/t7-/m0/s1. The second-order valence-electron chi connectivity index (χ2n) is 3.65. The summed E-state index contributed by atoms with van der Waals surface area (Å²) in [5.41, 5.74) is 5.71. The lowest BCUT2D eigenvalue weighted by molar-refractivity contribution is -0.138. The van der Waals surface area contributed by atoms with E-state index in [2.05, 4.69) is 9.71 Å². The summed E-state index contributed by atoms with van der Waals surface area (Å²) in [5.74, 6) is -1.28. The Morgan fingerprint density at radius 3 is 2.78 bits per heavy atom. The van der Waals surface area contributed by atoms with Gasteiger partial charge in [0.05, 0.1) is 18.6 Å². The van der Waals surface area contributed by atoms with Gasteiger partial charge in [0.1, 0.15) is 6.04 Å². The maximum atomic E-state index is 11.4. The van der Waals surface area contributed by atoms with Gasteiger partial charge in [-0.3, -0.25) is 4.79 Å². The van der Waals surface area contributed by atoms with Crippen molar-refractivity contribution in [1.29, 1.82) is 0 Å². The second-order valence-corrected chi connectivity index (χ2v) is 5.23. The van der Waals surface area contributed by atoms with Crippen LogP contribution in [0.5, 0.6) is 0 Å². The van der Waals surface area contributed by atoms with E-state index in [1.807, 2.05) is 4.72 Å². The fourth-order valence-electron chi connectivity index (χ4n) is 1.07. The predicted octanol–water partition coefficient (Wildman–Crippen LogP) is -2.24. The van der Waals surface area contributed by atoms with Gasteiger partial charge < -0.3 is 15.4 Å². The average Bonchev–Trinajstić information content (AvgIpc) is 2.69. The first kappa shape index (κ1) is 14.6. The number of aliphatic carboxylic acids is 1. The molecule has 0 aliphatic heterocycles. The molecule has 0 spiro atoms. The molecule has 1 aromatic rings. The summed E-state index contributed by atoms with van der Waals surface area (Å²) >= 11 is 0. The van der Waals surface area contributed by atoms with Gasteiger partial charge in [0, 0.05) is 19.8 Å². The Morgan fingerprint density at radius 1 is 1.61 bits per heavy atom. The van der Waals surface area contributed by atoms with Crippen LogP contribution in [0.3, 0.4) is 0 Å². The molecule has 10 heteroatoms. The third kappa shape index (κ3) is 4.79. The number of carboxylic acid groups (broad SMARTS) is 1. The molecule has 0 saturated carbocycles. The van der Waals surface area contributed by atoms with Gasteiger partial charge in [-0.1, -0.05) is 0 Å². The number of nitrogens with two attached hydrogens (primary N) is 1. The van der Waals surface area contributed by atoms with Crippen LogP contribution in [-0.4, -0.2) is 41.6 Å². The van der Waals surface area contributed by atoms with Crippen LogP contribution in [0.15, 0.2) is 12.5 Å². The normalized spacial score (nSPS) is 13.4. The lowest BCUT2D eigenvalue weighted by Crippen LogP contribution is -2.46. The number of nitrogens with one attached hydrogen (secondary N) is 2. The third-order valence-electron chi connectivity index (χ3n) is 2.01. The average molecular weight is 277 g/mol. The van der Waals surface area contributed by atoms with Crippen molar-refractivity contribution in [2.45, 2.75) is 12.6 Å². The molecule has 0 aromatic carbocycles. The Balaban J connectivity index is 2.43. The minimum atomic E-state index is -3.79. The molecule has 102 valence electrons. The van der Waals surface area contributed by atoms with Gasteiger partial charge in [-0.25, -0.2) is 9.71 Å². The van der Waals surface area contributed by atoms with Gasteiger partial charge >= 0.3 is 5.97 Å². The molecule has 1 rings (SSSR count). The van der Waals surface area contributed by atoms with Crippen LogP contribution in [0, 0.1) is 0 Å². The largest absolute Gasteiger partial charge is 0.480 e. The Hall–Kier alpha value is -1.49. The smallest absolute Gasteiger partial charge is 0.321 e. The highest BCUT2D eigenvalue weighted by molar-refractivity contribution is 7.87. The van der Waals surface area contributed by atoms with E-state index in [0.29, 0.717) is 5.69 Å². The number of imidazole rings is 1. The molecule has 9 nitrogen and oxygen atoms in total. The number of aromatic nitrogens is 2.